The summed E-state index contributed by atoms with van der Waals surface area (Å²) < 4.78 is 4.70. The first-order chi connectivity index (χ1) is 10.4. The maximum absolute atomic E-state index is 11.4. The first-order valence-electron chi connectivity index (χ1n) is 6.82. The van der Waals surface area contributed by atoms with Crippen molar-refractivity contribution in [1.29, 1.82) is 0 Å². The number of halogens is 3. The Labute approximate surface area is 164 Å². The Kier molecular flexibility index (Phi) is 10.6. The predicted octanol–water partition coefficient (Wildman–Crippen LogP) is 3.43. The van der Waals surface area contributed by atoms with Gasteiger partial charge >= 0.3 is 5.97 Å². The summed E-state index contributed by atoms with van der Waals surface area (Å²) in [6.07, 6.45) is 0. The lowest BCUT2D eigenvalue weighted by atomic mass is 10.2. The first-order valence-corrected chi connectivity index (χ1v) is 7.58. The summed E-state index contributed by atoms with van der Waals surface area (Å²) in [4.78, 5) is 17.5. The number of guanidine groups is 1. The Morgan fingerprint density at radius 1 is 1.39 bits per heavy atom. The van der Waals surface area contributed by atoms with E-state index < -0.39 is 0 Å². The van der Waals surface area contributed by atoms with Crippen LogP contribution in [0.2, 0.25) is 10.0 Å². The Balaban J connectivity index is 0.00000484. The summed E-state index contributed by atoms with van der Waals surface area (Å²) in [6.45, 7) is 2.86. The van der Waals surface area contributed by atoms with Crippen molar-refractivity contribution >= 4 is 59.1 Å². The largest absolute Gasteiger partial charge is 0.469 e. The average molecular weight is 474 g/mol. The molecule has 1 aromatic rings. The summed E-state index contributed by atoms with van der Waals surface area (Å²) in [7, 11) is 4.97. The molecule has 0 aromatic heterocycles. The number of benzene rings is 1. The predicted molar refractivity (Wildman–Crippen MR) is 106 cm³/mol. The van der Waals surface area contributed by atoms with Gasteiger partial charge in [0, 0.05) is 27.2 Å². The van der Waals surface area contributed by atoms with Crippen LogP contribution in [0.15, 0.2) is 23.2 Å². The molecule has 5 nitrogen and oxygen atoms in total. The molecular formula is C15H22Cl2IN3O2. The third-order valence-electron chi connectivity index (χ3n) is 3.15. The molecule has 0 heterocycles. The van der Waals surface area contributed by atoms with Gasteiger partial charge in [-0.2, -0.15) is 0 Å². The van der Waals surface area contributed by atoms with Gasteiger partial charge in [-0.1, -0.05) is 36.2 Å². The number of nitrogens with one attached hydrogen (secondary N) is 1. The van der Waals surface area contributed by atoms with Crippen molar-refractivity contribution in [1.82, 2.24) is 10.2 Å². The highest BCUT2D eigenvalue weighted by molar-refractivity contribution is 14.0. The van der Waals surface area contributed by atoms with Crippen LogP contribution in [0.25, 0.3) is 0 Å². The monoisotopic (exact) mass is 473 g/mol. The lowest BCUT2D eigenvalue weighted by molar-refractivity contribution is -0.144. The van der Waals surface area contributed by atoms with Crippen LogP contribution in [-0.4, -0.2) is 44.6 Å². The molecule has 0 saturated carbocycles. The van der Waals surface area contributed by atoms with Gasteiger partial charge in [0.05, 0.1) is 23.1 Å². The minimum absolute atomic E-state index is 0. The van der Waals surface area contributed by atoms with Gasteiger partial charge < -0.3 is 15.0 Å². The number of carbonyl (C=O) groups excluding carboxylic acids is 1. The lowest BCUT2D eigenvalue weighted by Crippen LogP contribution is -2.41. The van der Waals surface area contributed by atoms with E-state index in [-0.39, 0.29) is 35.9 Å². The molecule has 0 amide bonds. The molecule has 23 heavy (non-hydrogen) atoms. The fraction of sp³-hybridized carbons (Fsp3) is 0.467. The van der Waals surface area contributed by atoms with Crippen molar-refractivity contribution in [3.05, 3.63) is 33.8 Å². The van der Waals surface area contributed by atoms with Crippen LogP contribution >= 0.6 is 47.2 Å². The number of rotatable bonds is 5. The third kappa shape index (κ3) is 7.14. The molecule has 0 bridgehead atoms. The van der Waals surface area contributed by atoms with E-state index in [0.717, 1.165) is 5.56 Å². The molecule has 8 heteroatoms. The van der Waals surface area contributed by atoms with Gasteiger partial charge in [-0.05, 0) is 17.7 Å². The van der Waals surface area contributed by atoms with E-state index in [1.165, 1.54) is 7.11 Å². The quantitative estimate of drug-likeness (QED) is 0.308. The zero-order valence-corrected chi connectivity index (χ0v) is 17.4. The van der Waals surface area contributed by atoms with Crippen LogP contribution in [0.1, 0.15) is 12.5 Å². The topological polar surface area (TPSA) is 53.9 Å². The zero-order valence-electron chi connectivity index (χ0n) is 13.6. The van der Waals surface area contributed by atoms with Crippen LogP contribution in [-0.2, 0) is 16.1 Å². The summed E-state index contributed by atoms with van der Waals surface area (Å²) >= 11 is 11.9. The lowest BCUT2D eigenvalue weighted by Gasteiger charge is -2.23. The van der Waals surface area contributed by atoms with Gasteiger partial charge in [0.15, 0.2) is 5.96 Å². The van der Waals surface area contributed by atoms with E-state index in [1.54, 1.807) is 20.0 Å². The van der Waals surface area contributed by atoms with E-state index in [2.05, 4.69) is 10.3 Å². The van der Waals surface area contributed by atoms with Crippen molar-refractivity contribution < 1.29 is 9.53 Å². The molecule has 0 radical (unpaired) electrons. The second-order valence-electron chi connectivity index (χ2n) is 4.96. The second-order valence-corrected chi connectivity index (χ2v) is 5.77. The summed E-state index contributed by atoms with van der Waals surface area (Å²) in [5, 5.41) is 4.20. The van der Waals surface area contributed by atoms with Crippen molar-refractivity contribution in [2.75, 3.05) is 27.7 Å². The highest BCUT2D eigenvalue weighted by Crippen LogP contribution is 2.23. The smallest absolute Gasteiger partial charge is 0.310 e. The van der Waals surface area contributed by atoms with Crippen molar-refractivity contribution in [3.63, 3.8) is 0 Å². The highest BCUT2D eigenvalue weighted by atomic mass is 127. The molecule has 1 unspecified atom stereocenters. The molecule has 1 N–H and O–H groups in total. The Hall–Kier alpha value is -0.730. The van der Waals surface area contributed by atoms with E-state index in [4.69, 9.17) is 27.9 Å². The van der Waals surface area contributed by atoms with Crippen LogP contribution in [0.5, 0.6) is 0 Å². The number of carbonyl (C=O) groups is 1. The zero-order chi connectivity index (χ0) is 16.7. The Morgan fingerprint density at radius 2 is 2.04 bits per heavy atom. The molecule has 1 atom stereocenters. The van der Waals surface area contributed by atoms with Crippen LogP contribution in [0.3, 0.4) is 0 Å². The summed E-state index contributed by atoms with van der Waals surface area (Å²) in [5.41, 5.74) is 1.01. The van der Waals surface area contributed by atoms with E-state index in [9.17, 15) is 4.79 Å². The van der Waals surface area contributed by atoms with E-state index in [0.29, 0.717) is 29.1 Å². The SMILES string of the molecule is CN=C(NCC(C)C(=O)OC)N(C)Cc1ccc(Cl)c(Cl)c1.I. The third-order valence-corrected chi connectivity index (χ3v) is 3.89. The van der Waals surface area contributed by atoms with E-state index >= 15 is 0 Å². The van der Waals surface area contributed by atoms with Gasteiger partial charge in [-0.15, -0.1) is 24.0 Å². The molecule has 1 aromatic carbocycles. The van der Waals surface area contributed by atoms with Gasteiger partial charge in [-0.3, -0.25) is 9.79 Å². The van der Waals surface area contributed by atoms with Crippen LogP contribution in [0, 0.1) is 5.92 Å². The fourth-order valence-corrected chi connectivity index (χ4v) is 2.22. The van der Waals surface area contributed by atoms with Gasteiger partial charge in [0.2, 0.25) is 0 Å². The number of esters is 1. The Bertz CT molecular complexity index is 556. The highest BCUT2D eigenvalue weighted by Gasteiger charge is 2.15. The molecule has 0 aliphatic heterocycles. The Morgan fingerprint density at radius 3 is 2.57 bits per heavy atom. The second kappa shape index (κ2) is 10.9. The van der Waals surface area contributed by atoms with Crippen molar-refractivity contribution in [2.24, 2.45) is 10.9 Å². The molecule has 0 aliphatic carbocycles. The van der Waals surface area contributed by atoms with Crippen LogP contribution in [0.4, 0.5) is 0 Å². The van der Waals surface area contributed by atoms with Gasteiger partial charge in [0.1, 0.15) is 0 Å². The number of aliphatic imine (C=N–C) groups is 1. The fourth-order valence-electron chi connectivity index (χ4n) is 1.90. The van der Waals surface area contributed by atoms with E-state index in [1.807, 2.05) is 24.1 Å². The molecule has 130 valence electrons. The minimum atomic E-state index is -0.255. The van der Waals surface area contributed by atoms with Gasteiger partial charge in [-0.25, -0.2) is 0 Å². The maximum atomic E-state index is 11.4. The average Bonchev–Trinajstić information content (AvgIpc) is 2.50. The number of ether oxygens (including phenoxy) is 1. The number of methoxy groups -OCH3 is 1. The molecule has 1 rings (SSSR count). The number of nitrogens with zero attached hydrogens (tertiary/aromatic N) is 2. The normalized spacial score (nSPS) is 12.2. The number of hydrogen-bond donors (Lipinski definition) is 1. The minimum Gasteiger partial charge on any atom is -0.469 e. The molecular weight excluding hydrogens is 452 g/mol. The molecule has 0 fully saturated rings. The standard InChI is InChI=1S/C15H21Cl2N3O2.HI/c1-10(14(21)22-4)8-19-15(18-2)20(3)9-11-5-6-12(16)13(17)7-11;/h5-7,10H,8-9H2,1-4H3,(H,18,19);1H. The molecule has 0 spiro atoms. The van der Waals surface area contributed by atoms with Gasteiger partial charge in [0.25, 0.3) is 0 Å². The van der Waals surface area contributed by atoms with Crippen molar-refractivity contribution in [2.45, 2.75) is 13.5 Å². The summed E-state index contributed by atoms with van der Waals surface area (Å²) in [6, 6.07) is 5.50. The molecule has 0 aliphatic rings. The van der Waals surface area contributed by atoms with Crippen molar-refractivity contribution in [3.8, 4) is 0 Å². The number of hydrogen-bond acceptors (Lipinski definition) is 3. The maximum Gasteiger partial charge on any atom is 0.310 e. The van der Waals surface area contributed by atoms with Crippen LogP contribution < -0.4 is 5.32 Å². The molecule has 0 saturated heterocycles. The summed E-state index contributed by atoms with van der Waals surface area (Å²) in [5.74, 6) is 0.178. The first kappa shape index (κ1) is 22.3.